The maximum absolute atomic E-state index is 9.66. The summed E-state index contributed by atoms with van der Waals surface area (Å²) in [6.45, 7) is 6.08. The van der Waals surface area contributed by atoms with E-state index in [9.17, 15) is 5.26 Å². The number of hydrogen-bond donors (Lipinski definition) is 1. The number of ether oxygens (including phenoxy) is 1. The Morgan fingerprint density at radius 1 is 1.21 bits per heavy atom. The van der Waals surface area contributed by atoms with E-state index in [1.807, 2.05) is 6.20 Å². The second-order valence-corrected chi connectivity index (χ2v) is 9.71. The number of hydrogen-bond acceptors (Lipinski definition) is 7. The van der Waals surface area contributed by atoms with Gasteiger partial charge in [0, 0.05) is 30.7 Å². The topological polar surface area (TPSA) is 74.1 Å². The predicted molar refractivity (Wildman–Crippen MR) is 131 cm³/mol. The third-order valence-electron chi connectivity index (χ3n) is 6.73. The van der Waals surface area contributed by atoms with Gasteiger partial charge in [-0.25, -0.2) is 0 Å². The molecule has 2 aliphatic heterocycles. The number of nitriles is 1. The van der Waals surface area contributed by atoms with Crippen LogP contribution in [-0.2, 0) is 19.4 Å². The van der Waals surface area contributed by atoms with E-state index in [0.29, 0.717) is 17.5 Å². The van der Waals surface area contributed by atoms with Gasteiger partial charge in [-0.15, -0.1) is 0 Å². The van der Waals surface area contributed by atoms with E-state index < -0.39 is 0 Å². The first-order chi connectivity index (χ1) is 16.2. The summed E-state index contributed by atoms with van der Waals surface area (Å²) < 4.78 is 5.52. The van der Waals surface area contributed by atoms with Crippen LogP contribution in [0.5, 0.6) is 5.75 Å². The highest BCUT2D eigenvalue weighted by Gasteiger charge is 2.20. The maximum Gasteiger partial charge on any atom is 0.152 e. The summed E-state index contributed by atoms with van der Waals surface area (Å²) in [6.07, 6.45) is 7.70. The summed E-state index contributed by atoms with van der Waals surface area (Å²) in [5.41, 5.74) is 5.19. The zero-order chi connectivity index (χ0) is 22.6. The van der Waals surface area contributed by atoms with E-state index in [2.05, 4.69) is 57.4 Å². The average Bonchev–Trinajstić information content (AvgIpc) is 3.34. The van der Waals surface area contributed by atoms with Crippen LogP contribution >= 0.6 is 11.8 Å². The Hall–Kier alpha value is -2.66. The summed E-state index contributed by atoms with van der Waals surface area (Å²) in [7, 11) is 0. The largest absolute Gasteiger partial charge is 0.480 e. The number of thioether (sulfide) groups is 1. The Morgan fingerprint density at radius 2 is 2.09 bits per heavy atom. The Bertz CT molecular complexity index is 1180. The van der Waals surface area contributed by atoms with E-state index in [1.165, 1.54) is 10.5 Å². The Kier molecular flexibility index (Phi) is 6.77. The van der Waals surface area contributed by atoms with Crippen molar-refractivity contribution in [1.82, 2.24) is 20.2 Å². The molecular formula is C26H29N5OS. The number of pyridine rings is 2. The molecule has 0 spiro atoms. The second kappa shape index (κ2) is 10.1. The van der Waals surface area contributed by atoms with Crippen molar-refractivity contribution in [2.45, 2.75) is 50.1 Å². The van der Waals surface area contributed by atoms with Gasteiger partial charge < -0.3 is 15.0 Å². The number of nitrogens with one attached hydrogen (secondary N) is 1. The smallest absolute Gasteiger partial charge is 0.152 e. The summed E-state index contributed by atoms with van der Waals surface area (Å²) in [6, 6.07) is 11.5. The van der Waals surface area contributed by atoms with Gasteiger partial charge in [-0.05, 0) is 68.1 Å². The van der Waals surface area contributed by atoms with Crippen molar-refractivity contribution in [3.8, 4) is 11.8 Å². The Balaban J connectivity index is 1.16. The van der Waals surface area contributed by atoms with Gasteiger partial charge in [-0.3, -0.25) is 9.97 Å². The summed E-state index contributed by atoms with van der Waals surface area (Å²) in [5, 5.41) is 14.5. The highest BCUT2D eigenvalue weighted by atomic mass is 32.2. The second-order valence-electron chi connectivity index (χ2n) is 8.74. The SMILES string of the molecule is CCc1ccc2ncc(C#N)c(CCN3CCC(NCc4cc5c(cn4)OCS5)CC3)c2c1. The summed E-state index contributed by atoms with van der Waals surface area (Å²) in [5.74, 6) is 1.60. The van der Waals surface area contributed by atoms with Gasteiger partial charge in [0.15, 0.2) is 5.75 Å². The first kappa shape index (κ1) is 22.1. The number of aryl methyl sites for hydroxylation is 1. The van der Waals surface area contributed by atoms with Gasteiger partial charge in [-0.2, -0.15) is 5.26 Å². The Labute approximate surface area is 199 Å². The van der Waals surface area contributed by atoms with E-state index in [-0.39, 0.29) is 0 Å². The molecular weight excluding hydrogens is 430 g/mol. The summed E-state index contributed by atoms with van der Waals surface area (Å²) >= 11 is 1.73. The van der Waals surface area contributed by atoms with Gasteiger partial charge in [0.1, 0.15) is 12.0 Å². The monoisotopic (exact) mass is 459 g/mol. The van der Waals surface area contributed by atoms with Crippen molar-refractivity contribution in [3.63, 3.8) is 0 Å². The van der Waals surface area contributed by atoms with E-state index >= 15 is 0 Å². The van der Waals surface area contributed by atoms with E-state index in [1.54, 1.807) is 18.0 Å². The van der Waals surface area contributed by atoms with Crippen molar-refractivity contribution in [3.05, 3.63) is 59.0 Å². The van der Waals surface area contributed by atoms with Gasteiger partial charge in [0.25, 0.3) is 0 Å². The molecule has 5 rings (SSSR count). The van der Waals surface area contributed by atoms with Crippen molar-refractivity contribution in [2.75, 3.05) is 25.6 Å². The molecule has 4 heterocycles. The van der Waals surface area contributed by atoms with Crippen LogP contribution in [-0.4, -0.2) is 46.5 Å². The van der Waals surface area contributed by atoms with Gasteiger partial charge in [-0.1, -0.05) is 24.8 Å². The number of likely N-dealkylation sites (tertiary alicyclic amines) is 1. The molecule has 0 saturated carbocycles. The molecule has 3 aromatic rings. The normalized spacial score (nSPS) is 16.5. The van der Waals surface area contributed by atoms with Crippen LogP contribution in [0.1, 0.15) is 42.1 Å². The molecule has 1 saturated heterocycles. The van der Waals surface area contributed by atoms with Crippen LogP contribution in [0, 0.1) is 11.3 Å². The number of fused-ring (bicyclic) bond motifs is 2. The van der Waals surface area contributed by atoms with Gasteiger partial charge in [0.05, 0.1) is 27.9 Å². The van der Waals surface area contributed by atoms with Crippen LogP contribution < -0.4 is 10.1 Å². The van der Waals surface area contributed by atoms with E-state index in [0.717, 1.165) is 79.8 Å². The number of benzene rings is 1. The number of nitrogens with zero attached hydrogens (tertiary/aromatic N) is 4. The van der Waals surface area contributed by atoms with Crippen LogP contribution in [0.2, 0.25) is 0 Å². The van der Waals surface area contributed by atoms with Crippen LogP contribution in [0.25, 0.3) is 10.9 Å². The van der Waals surface area contributed by atoms with Crippen LogP contribution in [0.4, 0.5) is 0 Å². The zero-order valence-corrected chi connectivity index (χ0v) is 19.8. The zero-order valence-electron chi connectivity index (χ0n) is 19.0. The molecule has 0 radical (unpaired) electrons. The molecule has 0 amide bonds. The minimum Gasteiger partial charge on any atom is -0.480 e. The highest BCUT2D eigenvalue weighted by Crippen LogP contribution is 2.35. The Morgan fingerprint density at radius 3 is 2.91 bits per heavy atom. The molecule has 0 aliphatic carbocycles. The van der Waals surface area contributed by atoms with Gasteiger partial charge in [0.2, 0.25) is 0 Å². The molecule has 0 atom stereocenters. The highest BCUT2D eigenvalue weighted by molar-refractivity contribution is 7.99. The summed E-state index contributed by atoms with van der Waals surface area (Å²) in [4.78, 5) is 12.7. The van der Waals surface area contributed by atoms with Crippen LogP contribution in [0.15, 0.2) is 41.6 Å². The van der Waals surface area contributed by atoms with Crippen molar-refractivity contribution < 1.29 is 4.74 Å². The molecule has 1 fully saturated rings. The average molecular weight is 460 g/mol. The lowest BCUT2D eigenvalue weighted by Crippen LogP contribution is -2.43. The first-order valence-corrected chi connectivity index (χ1v) is 12.7. The third kappa shape index (κ3) is 4.98. The van der Waals surface area contributed by atoms with Crippen molar-refractivity contribution >= 4 is 22.7 Å². The molecule has 1 N–H and O–H groups in total. The van der Waals surface area contributed by atoms with E-state index in [4.69, 9.17) is 4.74 Å². The minimum absolute atomic E-state index is 0.517. The molecule has 7 heteroatoms. The van der Waals surface area contributed by atoms with Gasteiger partial charge >= 0.3 is 0 Å². The van der Waals surface area contributed by atoms with Crippen LogP contribution in [0.3, 0.4) is 0 Å². The molecule has 0 bridgehead atoms. The molecule has 0 unspecified atom stereocenters. The molecule has 33 heavy (non-hydrogen) atoms. The fraction of sp³-hybridized carbons (Fsp3) is 0.423. The lowest BCUT2D eigenvalue weighted by Gasteiger charge is -2.32. The molecule has 2 aliphatic rings. The standard InChI is InChI=1S/C26H29N5OS/c1-2-18-3-4-24-23(11-18)22(19(13-27)14-30-24)7-10-31-8-5-20(6-9-31)28-15-21-12-26-25(16-29-21)32-17-33-26/h3-4,11-12,14,16,20,28H,2,5-10,15,17H2,1H3. The quantitative estimate of drug-likeness (QED) is 0.564. The maximum atomic E-state index is 9.66. The first-order valence-electron chi connectivity index (χ1n) is 11.7. The molecule has 1 aromatic carbocycles. The molecule has 2 aromatic heterocycles. The minimum atomic E-state index is 0.517. The molecule has 170 valence electrons. The third-order valence-corrected chi connectivity index (χ3v) is 7.59. The molecule has 6 nitrogen and oxygen atoms in total. The lowest BCUT2D eigenvalue weighted by molar-refractivity contribution is 0.199. The fourth-order valence-electron chi connectivity index (χ4n) is 4.70. The number of piperidine rings is 1. The number of rotatable bonds is 7. The number of aromatic nitrogens is 2. The van der Waals surface area contributed by atoms with Crippen molar-refractivity contribution in [1.29, 1.82) is 5.26 Å². The fourth-order valence-corrected chi connectivity index (χ4v) is 5.48. The lowest BCUT2D eigenvalue weighted by atomic mass is 9.98. The predicted octanol–water partition coefficient (Wildman–Crippen LogP) is 4.30. The van der Waals surface area contributed by atoms with Crippen molar-refractivity contribution in [2.24, 2.45) is 0 Å².